The van der Waals surface area contributed by atoms with Gasteiger partial charge in [-0.3, -0.25) is 9.79 Å². The van der Waals surface area contributed by atoms with Crippen LogP contribution >= 0.6 is 12.4 Å². The normalized spacial score (nSPS) is 9.74. The molecule has 0 atom stereocenters. The molecule has 8 heteroatoms. The van der Waals surface area contributed by atoms with Crippen molar-refractivity contribution in [1.82, 2.24) is 0 Å². The second kappa shape index (κ2) is 19.5. The lowest BCUT2D eigenvalue weighted by atomic mass is 10.1. The molecule has 0 aliphatic rings. The van der Waals surface area contributed by atoms with Crippen LogP contribution in [-0.2, 0) is 22.6 Å². The number of methoxy groups -OCH3 is 2. The van der Waals surface area contributed by atoms with Crippen LogP contribution in [0.5, 0.6) is 0 Å². The van der Waals surface area contributed by atoms with Crippen molar-refractivity contribution in [2.45, 2.75) is 26.9 Å². The Balaban J connectivity index is 0.000000342. The van der Waals surface area contributed by atoms with E-state index in [1.54, 1.807) is 42.6 Å². The number of ether oxygens (including phenoxy) is 2. The molecule has 4 rings (SSSR count). The molecule has 42 heavy (non-hydrogen) atoms. The van der Waals surface area contributed by atoms with E-state index in [9.17, 15) is 14.4 Å². The lowest BCUT2D eigenvalue weighted by Crippen LogP contribution is -2.00. The van der Waals surface area contributed by atoms with Crippen molar-refractivity contribution in [2.75, 3.05) is 14.2 Å². The van der Waals surface area contributed by atoms with Crippen molar-refractivity contribution in [3.63, 3.8) is 0 Å². The Morgan fingerprint density at radius 3 is 1.45 bits per heavy atom. The molecule has 0 spiro atoms. The van der Waals surface area contributed by atoms with Crippen LogP contribution in [0.2, 0.25) is 0 Å². The number of esters is 2. The maximum Gasteiger partial charge on any atom is 0.337 e. The average molecular weight is 589 g/mol. The number of hydrogen-bond acceptors (Lipinski definition) is 7. The SMILES string of the molecule is COC(=O)c1ccc(C=NCc2ccc(C)cc2)cc1.COC(=O)c1ccc(C=O)cc1.Cc1ccc(CN)cc1.Cl. The van der Waals surface area contributed by atoms with Gasteiger partial charge in [-0.05, 0) is 54.8 Å². The van der Waals surface area contributed by atoms with E-state index in [0.717, 1.165) is 11.8 Å². The Morgan fingerprint density at radius 1 is 0.667 bits per heavy atom. The van der Waals surface area contributed by atoms with E-state index in [-0.39, 0.29) is 18.4 Å². The number of halogens is 1. The predicted molar refractivity (Wildman–Crippen MR) is 170 cm³/mol. The van der Waals surface area contributed by atoms with Gasteiger partial charge in [0.2, 0.25) is 0 Å². The first-order chi connectivity index (χ1) is 19.8. The maximum atomic E-state index is 11.3. The molecular formula is C34H37ClN2O5. The van der Waals surface area contributed by atoms with Crippen LogP contribution in [0.1, 0.15) is 58.9 Å². The summed E-state index contributed by atoms with van der Waals surface area (Å²) in [6.07, 6.45) is 2.53. The number of aryl methyl sites for hydroxylation is 2. The summed E-state index contributed by atoms with van der Waals surface area (Å²) in [5.41, 5.74) is 12.8. The molecule has 2 N–H and O–H groups in total. The molecule has 0 fully saturated rings. The lowest BCUT2D eigenvalue weighted by Gasteiger charge is -2.00. The van der Waals surface area contributed by atoms with Crippen LogP contribution in [0.4, 0.5) is 0 Å². The van der Waals surface area contributed by atoms with Crippen LogP contribution < -0.4 is 5.73 Å². The summed E-state index contributed by atoms with van der Waals surface area (Å²) >= 11 is 0. The Hall–Kier alpha value is -4.59. The molecule has 0 aromatic heterocycles. The summed E-state index contributed by atoms with van der Waals surface area (Å²) in [7, 11) is 2.69. The van der Waals surface area contributed by atoms with Gasteiger partial charge in [-0.2, -0.15) is 0 Å². The summed E-state index contributed by atoms with van der Waals surface area (Å²) in [5.74, 6) is -0.722. The van der Waals surface area contributed by atoms with Gasteiger partial charge in [0.1, 0.15) is 6.29 Å². The fraction of sp³-hybridized carbons (Fsp3) is 0.176. The van der Waals surface area contributed by atoms with Crippen LogP contribution in [0.3, 0.4) is 0 Å². The third-order valence-electron chi connectivity index (χ3n) is 5.79. The van der Waals surface area contributed by atoms with Gasteiger partial charge in [-0.25, -0.2) is 9.59 Å². The van der Waals surface area contributed by atoms with E-state index in [2.05, 4.69) is 76.8 Å². The molecule has 0 unspecified atom stereocenters. The number of aldehydes is 1. The molecule has 0 heterocycles. The van der Waals surface area contributed by atoms with Gasteiger partial charge in [0.15, 0.2) is 0 Å². The van der Waals surface area contributed by atoms with Crippen molar-refractivity contribution < 1.29 is 23.9 Å². The van der Waals surface area contributed by atoms with Crippen molar-refractivity contribution in [3.8, 4) is 0 Å². The van der Waals surface area contributed by atoms with E-state index < -0.39 is 5.97 Å². The van der Waals surface area contributed by atoms with Crippen molar-refractivity contribution in [3.05, 3.63) is 142 Å². The largest absolute Gasteiger partial charge is 0.465 e. The second-order valence-electron chi connectivity index (χ2n) is 8.99. The second-order valence-corrected chi connectivity index (χ2v) is 8.99. The van der Waals surface area contributed by atoms with Gasteiger partial charge in [0.05, 0.1) is 31.9 Å². The third kappa shape index (κ3) is 12.7. The average Bonchev–Trinajstić information content (AvgIpc) is 3.02. The zero-order chi connectivity index (χ0) is 30.0. The highest BCUT2D eigenvalue weighted by molar-refractivity contribution is 5.91. The molecule has 0 bridgehead atoms. The Labute approximate surface area is 253 Å². The highest BCUT2D eigenvalue weighted by atomic mass is 35.5. The Morgan fingerprint density at radius 2 is 1.07 bits per heavy atom. The quantitative estimate of drug-likeness (QED) is 0.149. The topological polar surface area (TPSA) is 108 Å². The fourth-order valence-corrected chi connectivity index (χ4v) is 3.31. The van der Waals surface area contributed by atoms with Crippen molar-refractivity contribution in [2.24, 2.45) is 10.7 Å². The Bertz CT molecular complexity index is 1400. The smallest absolute Gasteiger partial charge is 0.337 e. The molecule has 0 aliphatic carbocycles. The number of nitrogens with zero attached hydrogens (tertiary/aromatic N) is 1. The molecule has 4 aromatic rings. The summed E-state index contributed by atoms with van der Waals surface area (Å²) in [4.78, 5) is 36.8. The molecular weight excluding hydrogens is 552 g/mol. The van der Waals surface area contributed by atoms with E-state index in [1.165, 1.54) is 36.5 Å². The summed E-state index contributed by atoms with van der Waals surface area (Å²) in [5, 5.41) is 0. The number of carbonyl (C=O) groups excluding carboxylic acids is 3. The van der Waals surface area contributed by atoms with Crippen molar-refractivity contribution in [1.29, 1.82) is 0 Å². The lowest BCUT2D eigenvalue weighted by molar-refractivity contribution is 0.0592. The number of nitrogens with two attached hydrogens (primary N) is 1. The van der Waals surface area contributed by atoms with Crippen molar-refractivity contribution >= 4 is 36.8 Å². The zero-order valence-corrected chi connectivity index (χ0v) is 25.1. The molecule has 4 aromatic carbocycles. The van der Waals surface area contributed by atoms with Gasteiger partial charge in [0.25, 0.3) is 0 Å². The van der Waals surface area contributed by atoms with Crippen LogP contribution in [0.15, 0.2) is 102 Å². The molecule has 0 saturated heterocycles. The fourth-order valence-electron chi connectivity index (χ4n) is 3.31. The first-order valence-corrected chi connectivity index (χ1v) is 12.9. The number of carbonyl (C=O) groups is 3. The van der Waals surface area contributed by atoms with Crippen LogP contribution in [-0.4, -0.2) is 38.7 Å². The minimum absolute atomic E-state index is 0. The summed E-state index contributed by atoms with van der Waals surface area (Å²) in [6, 6.07) is 30.0. The van der Waals surface area contributed by atoms with Gasteiger partial charge in [-0.1, -0.05) is 83.9 Å². The molecule has 0 radical (unpaired) electrons. The molecule has 7 nitrogen and oxygen atoms in total. The number of rotatable bonds is 7. The third-order valence-corrected chi connectivity index (χ3v) is 5.79. The highest BCUT2D eigenvalue weighted by Crippen LogP contribution is 2.07. The standard InChI is InChI=1S/C17H17NO2.C9H8O3.C8H11N.ClH/c1-13-3-5-14(6-4-13)11-18-12-15-7-9-16(10-8-15)17(19)20-2;1-12-9(11)8-4-2-7(6-10)3-5-8;1-7-2-4-8(6-9)5-3-7;/h3-10,12H,11H2,1-2H3;2-6H,1H3;2-5H,6,9H2,1H3;1H. The number of aliphatic imine (C=N–C) groups is 1. The summed E-state index contributed by atoms with van der Waals surface area (Å²) in [6.45, 7) is 5.43. The number of hydrogen-bond donors (Lipinski definition) is 1. The molecule has 0 amide bonds. The number of benzene rings is 4. The molecule has 0 saturated carbocycles. The van der Waals surface area contributed by atoms with Gasteiger partial charge in [-0.15, -0.1) is 12.4 Å². The van der Waals surface area contributed by atoms with E-state index in [1.807, 2.05) is 12.1 Å². The molecule has 0 aliphatic heterocycles. The first-order valence-electron chi connectivity index (χ1n) is 12.9. The monoisotopic (exact) mass is 588 g/mol. The molecule has 220 valence electrons. The van der Waals surface area contributed by atoms with Crippen LogP contribution in [0, 0.1) is 13.8 Å². The van der Waals surface area contributed by atoms with Gasteiger partial charge >= 0.3 is 11.9 Å². The minimum atomic E-state index is -0.396. The van der Waals surface area contributed by atoms with E-state index in [4.69, 9.17) is 5.73 Å². The first kappa shape index (κ1) is 35.4. The summed E-state index contributed by atoms with van der Waals surface area (Å²) < 4.78 is 9.13. The zero-order valence-electron chi connectivity index (χ0n) is 24.3. The van der Waals surface area contributed by atoms with Gasteiger partial charge in [0, 0.05) is 18.3 Å². The van der Waals surface area contributed by atoms with E-state index >= 15 is 0 Å². The predicted octanol–water partition coefficient (Wildman–Crippen LogP) is 6.56. The van der Waals surface area contributed by atoms with E-state index in [0.29, 0.717) is 29.8 Å². The minimum Gasteiger partial charge on any atom is -0.465 e. The highest BCUT2D eigenvalue weighted by Gasteiger charge is 2.04. The van der Waals surface area contributed by atoms with Crippen LogP contribution in [0.25, 0.3) is 0 Å². The Kier molecular flexibility index (Phi) is 16.4. The maximum absolute atomic E-state index is 11.3. The van der Waals surface area contributed by atoms with Gasteiger partial charge < -0.3 is 15.2 Å².